The zero-order valence-electron chi connectivity index (χ0n) is 11.6. The number of ether oxygens (including phenoxy) is 1. The minimum absolute atomic E-state index is 0.348. The third kappa shape index (κ3) is 2.17. The van der Waals surface area contributed by atoms with Crippen molar-refractivity contribution in [3.05, 3.63) is 48.0 Å². The minimum atomic E-state index is 0.348. The number of nitrogens with zero attached hydrogens (tertiary/aromatic N) is 3. The highest BCUT2D eigenvalue weighted by Gasteiger charge is 2.13. The molecule has 2 aromatic carbocycles. The number of nitriles is 1. The van der Waals surface area contributed by atoms with Crippen LogP contribution < -0.4 is 10.5 Å². The molecule has 0 fully saturated rings. The number of aromatic nitrogens is 2. The predicted molar refractivity (Wildman–Crippen MR) is 81.4 cm³/mol. The van der Waals surface area contributed by atoms with Gasteiger partial charge in [0, 0.05) is 6.07 Å². The lowest BCUT2D eigenvalue weighted by molar-refractivity contribution is 0.340. The number of hydrogen-bond donors (Lipinski definition) is 1. The van der Waals surface area contributed by atoms with Crippen molar-refractivity contribution in [2.24, 2.45) is 0 Å². The van der Waals surface area contributed by atoms with E-state index in [4.69, 9.17) is 15.7 Å². The summed E-state index contributed by atoms with van der Waals surface area (Å²) in [6, 6.07) is 15.2. The lowest BCUT2D eigenvalue weighted by atomic mass is 10.2. The van der Waals surface area contributed by atoms with E-state index in [9.17, 15) is 0 Å². The van der Waals surface area contributed by atoms with Gasteiger partial charge in [0.2, 0.25) is 5.95 Å². The van der Waals surface area contributed by atoms with Crippen LogP contribution in [-0.2, 0) is 0 Å². The molecule has 0 saturated carbocycles. The molecular weight excluding hydrogens is 264 g/mol. The first kappa shape index (κ1) is 13.0. The number of fused-ring (bicyclic) bond motifs is 1. The van der Waals surface area contributed by atoms with Gasteiger partial charge >= 0.3 is 0 Å². The van der Waals surface area contributed by atoms with Crippen LogP contribution in [-0.4, -0.2) is 16.2 Å². The highest BCUT2D eigenvalue weighted by molar-refractivity contribution is 5.85. The minimum Gasteiger partial charge on any atom is -0.494 e. The maximum absolute atomic E-state index is 9.16. The quantitative estimate of drug-likeness (QED) is 0.799. The summed E-state index contributed by atoms with van der Waals surface area (Å²) in [6.45, 7) is 2.54. The zero-order valence-corrected chi connectivity index (χ0v) is 11.6. The average Bonchev–Trinajstić information content (AvgIpc) is 2.83. The fourth-order valence-corrected chi connectivity index (χ4v) is 2.36. The van der Waals surface area contributed by atoms with Crippen molar-refractivity contribution in [3.8, 4) is 17.5 Å². The SMILES string of the molecule is CCOc1cccc(-n2c(N)nc3c(C#N)cccc32)c1. The van der Waals surface area contributed by atoms with E-state index in [1.165, 1.54) is 0 Å². The predicted octanol–water partition coefficient (Wildman–Crippen LogP) is 2.88. The molecule has 21 heavy (non-hydrogen) atoms. The Bertz CT molecular complexity index is 845. The van der Waals surface area contributed by atoms with Gasteiger partial charge in [-0.2, -0.15) is 5.26 Å². The van der Waals surface area contributed by atoms with E-state index in [-0.39, 0.29) is 0 Å². The molecule has 104 valence electrons. The van der Waals surface area contributed by atoms with Gasteiger partial charge in [0.1, 0.15) is 17.3 Å². The van der Waals surface area contributed by atoms with Gasteiger partial charge in [-0.3, -0.25) is 4.57 Å². The van der Waals surface area contributed by atoms with Crippen molar-refractivity contribution in [2.45, 2.75) is 6.92 Å². The van der Waals surface area contributed by atoms with Gasteiger partial charge < -0.3 is 10.5 Å². The molecule has 0 aliphatic rings. The van der Waals surface area contributed by atoms with E-state index in [0.717, 1.165) is 17.0 Å². The highest BCUT2D eigenvalue weighted by Crippen LogP contribution is 2.27. The fourth-order valence-electron chi connectivity index (χ4n) is 2.36. The average molecular weight is 278 g/mol. The van der Waals surface area contributed by atoms with Crippen molar-refractivity contribution >= 4 is 17.0 Å². The Kier molecular flexibility index (Phi) is 3.20. The van der Waals surface area contributed by atoms with Gasteiger partial charge in [-0.1, -0.05) is 12.1 Å². The van der Waals surface area contributed by atoms with Crippen molar-refractivity contribution in [3.63, 3.8) is 0 Å². The number of hydrogen-bond acceptors (Lipinski definition) is 4. The summed E-state index contributed by atoms with van der Waals surface area (Å²) in [7, 11) is 0. The summed E-state index contributed by atoms with van der Waals surface area (Å²) in [6.07, 6.45) is 0. The van der Waals surface area contributed by atoms with E-state index >= 15 is 0 Å². The molecule has 0 spiro atoms. The second-order valence-electron chi connectivity index (χ2n) is 4.52. The molecule has 5 heteroatoms. The summed E-state index contributed by atoms with van der Waals surface area (Å²) in [5.41, 5.74) is 8.82. The molecule has 0 bridgehead atoms. The highest BCUT2D eigenvalue weighted by atomic mass is 16.5. The Hall–Kier alpha value is -3.00. The Morgan fingerprint density at radius 1 is 1.29 bits per heavy atom. The molecule has 0 atom stereocenters. The van der Waals surface area contributed by atoms with Crippen molar-refractivity contribution < 1.29 is 4.74 Å². The number of rotatable bonds is 3. The first-order valence-corrected chi connectivity index (χ1v) is 6.65. The van der Waals surface area contributed by atoms with Crippen molar-refractivity contribution in [2.75, 3.05) is 12.3 Å². The van der Waals surface area contributed by atoms with E-state index in [1.807, 2.05) is 47.9 Å². The van der Waals surface area contributed by atoms with E-state index in [1.54, 1.807) is 6.07 Å². The number of anilines is 1. The molecule has 0 radical (unpaired) electrons. The lowest BCUT2D eigenvalue weighted by Gasteiger charge is -2.09. The lowest BCUT2D eigenvalue weighted by Crippen LogP contribution is -2.01. The maximum atomic E-state index is 9.16. The molecule has 3 rings (SSSR count). The maximum Gasteiger partial charge on any atom is 0.205 e. The van der Waals surface area contributed by atoms with Gasteiger partial charge in [0.25, 0.3) is 0 Å². The molecule has 2 N–H and O–H groups in total. The first-order valence-electron chi connectivity index (χ1n) is 6.65. The van der Waals surface area contributed by atoms with E-state index in [2.05, 4.69) is 11.1 Å². The number of nitrogens with two attached hydrogens (primary N) is 1. The van der Waals surface area contributed by atoms with Crippen molar-refractivity contribution in [1.82, 2.24) is 9.55 Å². The monoisotopic (exact) mass is 278 g/mol. The number of imidazole rings is 1. The summed E-state index contributed by atoms with van der Waals surface area (Å²) in [5.74, 6) is 1.12. The second kappa shape index (κ2) is 5.17. The Morgan fingerprint density at radius 3 is 2.86 bits per heavy atom. The summed E-state index contributed by atoms with van der Waals surface area (Å²) < 4.78 is 7.33. The Labute approximate surface area is 122 Å². The zero-order chi connectivity index (χ0) is 14.8. The van der Waals surface area contributed by atoms with Crippen LogP contribution in [0.15, 0.2) is 42.5 Å². The molecule has 0 amide bonds. The Balaban J connectivity index is 2.23. The first-order chi connectivity index (χ1) is 10.2. The van der Waals surface area contributed by atoms with Crippen LogP contribution >= 0.6 is 0 Å². The summed E-state index contributed by atoms with van der Waals surface area (Å²) in [5, 5.41) is 9.16. The second-order valence-corrected chi connectivity index (χ2v) is 4.52. The molecule has 1 heterocycles. The van der Waals surface area contributed by atoms with Gasteiger partial charge in [0.15, 0.2) is 0 Å². The molecular formula is C16H14N4O. The van der Waals surface area contributed by atoms with E-state index < -0.39 is 0 Å². The molecule has 0 unspecified atom stereocenters. The largest absolute Gasteiger partial charge is 0.494 e. The Morgan fingerprint density at radius 2 is 2.10 bits per heavy atom. The third-order valence-electron chi connectivity index (χ3n) is 3.22. The molecule has 0 aliphatic heterocycles. The molecule has 0 saturated heterocycles. The van der Waals surface area contributed by atoms with Crippen LogP contribution in [0, 0.1) is 11.3 Å². The van der Waals surface area contributed by atoms with Gasteiger partial charge in [-0.15, -0.1) is 0 Å². The van der Waals surface area contributed by atoms with Crippen LogP contribution in [0.5, 0.6) is 5.75 Å². The van der Waals surface area contributed by atoms with Crippen LogP contribution in [0.1, 0.15) is 12.5 Å². The summed E-state index contributed by atoms with van der Waals surface area (Å²) in [4.78, 5) is 4.31. The third-order valence-corrected chi connectivity index (χ3v) is 3.22. The number of para-hydroxylation sites is 1. The number of benzene rings is 2. The fraction of sp³-hybridized carbons (Fsp3) is 0.125. The standard InChI is InChI=1S/C16H14N4O/c1-2-21-13-7-4-6-12(9-13)20-14-8-3-5-11(10-17)15(14)19-16(20)18/h3-9H,2H2,1H3,(H2,18,19). The van der Waals surface area contributed by atoms with Crippen LogP contribution in [0.25, 0.3) is 16.7 Å². The topological polar surface area (TPSA) is 76.9 Å². The molecule has 0 aliphatic carbocycles. The van der Waals surface area contributed by atoms with Crippen LogP contribution in [0.2, 0.25) is 0 Å². The molecule has 1 aromatic heterocycles. The smallest absolute Gasteiger partial charge is 0.205 e. The summed E-state index contributed by atoms with van der Waals surface area (Å²) >= 11 is 0. The van der Waals surface area contributed by atoms with Gasteiger partial charge in [0.05, 0.1) is 23.4 Å². The van der Waals surface area contributed by atoms with Gasteiger partial charge in [-0.05, 0) is 31.2 Å². The van der Waals surface area contributed by atoms with Crippen molar-refractivity contribution in [1.29, 1.82) is 5.26 Å². The normalized spacial score (nSPS) is 10.5. The molecule has 5 nitrogen and oxygen atoms in total. The molecule has 3 aromatic rings. The van der Waals surface area contributed by atoms with Crippen LogP contribution in [0.4, 0.5) is 5.95 Å². The van der Waals surface area contributed by atoms with E-state index in [0.29, 0.717) is 23.6 Å². The van der Waals surface area contributed by atoms with Gasteiger partial charge in [-0.25, -0.2) is 4.98 Å². The van der Waals surface area contributed by atoms with Crippen LogP contribution in [0.3, 0.4) is 0 Å². The number of nitrogen functional groups attached to an aromatic ring is 1.